The lowest BCUT2D eigenvalue weighted by Gasteiger charge is -2.22. The first kappa shape index (κ1) is 11.3. The van der Waals surface area contributed by atoms with Crippen molar-refractivity contribution in [1.82, 2.24) is 10.6 Å². The van der Waals surface area contributed by atoms with E-state index in [1.54, 1.807) is 0 Å². The molecule has 0 bridgehead atoms. The maximum absolute atomic E-state index is 11.2. The van der Waals surface area contributed by atoms with Crippen LogP contribution in [0.1, 0.15) is 26.2 Å². The van der Waals surface area contributed by atoms with Crippen LogP contribution in [0.2, 0.25) is 0 Å². The van der Waals surface area contributed by atoms with E-state index in [0.29, 0.717) is 5.92 Å². The second kappa shape index (κ2) is 6.65. The Morgan fingerprint density at radius 3 is 3.00 bits per heavy atom. The van der Waals surface area contributed by atoms with Crippen molar-refractivity contribution in [3.8, 4) is 0 Å². The molecule has 82 valence electrons. The van der Waals surface area contributed by atoms with Crippen molar-refractivity contribution in [3.63, 3.8) is 0 Å². The Labute approximate surface area is 85.4 Å². The predicted molar refractivity (Wildman–Crippen MR) is 55.2 cm³/mol. The molecule has 1 fully saturated rings. The zero-order chi connectivity index (χ0) is 10.2. The number of carbonyl (C=O) groups is 1. The number of amides is 2. The highest BCUT2D eigenvalue weighted by atomic mass is 16.5. The first-order valence-electron chi connectivity index (χ1n) is 5.42. The molecule has 1 heterocycles. The minimum atomic E-state index is -0.0579. The fourth-order valence-electron chi connectivity index (χ4n) is 1.51. The summed E-state index contributed by atoms with van der Waals surface area (Å²) in [5.74, 6) is 0.496. The molecule has 0 spiro atoms. The fourth-order valence-corrected chi connectivity index (χ4v) is 1.51. The molecular weight excluding hydrogens is 180 g/mol. The Hall–Kier alpha value is -0.770. The summed E-state index contributed by atoms with van der Waals surface area (Å²) in [5, 5.41) is 5.64. The highest BCUT2D eigenvalue weighted by Gasteiger charge is 2.14. The monoisotopic (exact) mass is 200 g/mol. The molecule has 2 N–H and O–H groups in total. The third-order valence-electron chi connectivity index (χ3n) is 2.34. The molecule has 0 aromatic carbocycles. The predicted octanol–water partition coefficient (Wildman–Crippen LogP) is 1.12. The molecule has 0 aliphatic carbocycles. The minimum absolute atomic E-state index is 0.0579. The van der Waals surface area contributed by atoms with E-state index in [1.807, 2.05) is 6.92 Å². The molecule has 2 amide bonds. The Bertz CT molecular complexity index is 168. The van der Waals surface area contributed by atoms with Gasteiger partial charge in [-0.2, -0.15) is 0 Å². The summed E-state index contributed by atoms with van der Waals surface area (Å²) in [7, 11) is 0. The number of carbonyl (C=O) groups excluding carboxylic acids is 1. The SMILES string of the molecule is CCCNC(=O)NCC1CCCOC1. The molecule has 1 unspecified atom stereocenters. The van der Waals surface area contributed by atoms with E-state index in [2.05, 4.69) is 10.6 Å². The zero-order valence-corrected chi connectivity index (χ0v) is 8.84. The van der Waals surface area contributed by atoms with E-state index in [1.165, 1.54) is 0 Å². The second-order valence-electron chi connectivity index (χ2n) is 3.72. The number of ether oxygens (including phenoxy) is 1. The molecule has 1 saturated heterocycles. The Morgan fingerprint density at radius 1 is 1.50 bits per heavy atom. The summed E-state index contributed by atoms with van der Waals surface area (Å²) in [6, 6.07) is -0.0579. The van der Waals surface area contributed by atoms with Crippen LogP contribution in [0.5, 0.6) is 0 Å². The largest absolute Gasteiger partial charge is 0.381 e. The van der Waals surface area contributed by atoms with Crippen LogP contribution in [-0.4, -0.2) is 32.3 Å². The Kier molecular flexibility index (Phi) is 5.37. The van der Waals surface area contributed by atoms with E-state index in [9.17, 15) is 4.79 Å². The van der Waals surface area contributed by atoms with Gasteiger partial charge in [-0.1, -0.05) is 6.92 Å². The minimum Gasteiger partial charge on any atom is -0.381 e. The lowest BCUT2D eigenvalue weighted by molar-refractivity contribution is 0.0557. The van der Waals surface area contributed by atoms with Gasteiger partial charge in [0.25, 0.3) is 0 Å². The Morgan fingerprint density at radius 2 is 2.36 bits per heavy atom. The number of urea groups is 1. The van der Waals surface area contributed by atoms with Crippen molar-refractivity contribution in [2.75, 3.05) is 26.3 Å². The maximum atomic E-state index is 11.2. The van der Waals surface area contributed by atoms with Crippen molar-refractivity contribution < 1.29 is 9.53 Å². The topological polar surface area (TPSA) is 50.4 Å². The molecule has 4 nitrogen and oxygen atoms in total. The highest BCUT2D eigenvalue weighted by Crippen LogP contribution is 2.11. The van der Waals surface area contributed by atoms with Crippen LogP contribution in [0.15, 0.2) is 0 Å². The van der Waals surface area contributed by atoms with Gasteiger partial charge in [0, 0.05) is 19.7 Å². The summed E-state index contributed by atoms with van der Waals surface area (Å²) in [4.78, 5) is 11.2. The molecule has 4 heteroatoms. The van der Waals surface area contributed by atoms with Gasteiger partial charge in [-0.05, 0) is 25.2 Å². The van der Waals surface area contributed by atoms with E-state index in [4.69, 9.17) is 4.74 Å². The fraction of sp³-hybridized carbons (Fsp3) is 0.900. The third-order valence-corrected chi connectivity index (χ3v) is 2.34. The maximum Gasteiger partial charge on any atom is 0.314 e. The lowest BCUT2D eigenvalue weighted by Crippen LogP contribution is -2.40. The van der Waals surface area contributed by atoms with E-state index in [-0.39, 0.29) is 6.03 Å². The van der Waals surface area contributed by atoms with Crippen LogP contribution < -0.4 is 10.6 Å². The van der Waals surface area contributed by atoms with Gasteiger partial charge in [-0.3, -0.25) is 0 Å². The van der Waals surface area contributed by atoms with Crippen LogP contribution in [0.4, 0.5) is 4.79 Å². The van der Waals surface area contributed by atoms with Crippen LogP contribution in [0, 0.1) is 5.92 Å². The molecule has 0 radical (unpaired) electrons. The van der Waals surface area contributed by atoms with E-state index in [0.717, 1.165) is 45.6 Å². The van der Waals surface area contributed by atoms with Crippen molar-refractivity contribution in [3.05, 3.63) is 0 Å². The molecule has 1 aliphatic rings. The average molecular weight is 200 g/mol. The van der Waals surface area contributed by atoms with Crippen LogP contribution in [0.3, 0.4) is 0 Å². The molecule has 0 aromatic rings. The van der Waals surface area contributed by atoms with Gasteiger partial charge in [0.05, 0.1) is 6.61 Å². The van der Waals surface area contributed by atoms with Gasteiger partial charge in [-0.15, -0.1) is 0 Å². The van der Waals surface area contributed by atoms with Crippen LogP contribution >= 0.6 is 0 Å². The van der Waals surface area contributed by atoms with Crippen molar-refractivity contribution in [2.45, 2.75) is 26.2 Å². The van der Waals surface area contributed by atoms with Crippen molar-refractivity contribution in [2.24, 2.45) is 5.92 Å². The molecule has 1 rings (SSSR count). The smallest absolute Gasteiger partial charge is 0.314 e. The summed E-state index contributed by atoms with van der Waals surface area (Å²) in [6.45, 7) is 5.17. The van der Waals surface area contributed by atoms with Crippen LogP contribution in [-0.2, 0) is 4.74 Å². The summed E-state index contributed by atoms with van der Waals surface area (Å²) in [6.07, 6.45) is 3.25. The first-order valence-corrected chi connectivity index (χ1v) is 5.42. The Balaban J connectivity index is 2.03. The van der Waals surface area contributed by atoms with Gasteiger partial charge in [0.1, 0.15) is 0 Å². The molecule has 0 saturated carbocycles. The number of hydrogen-bond donors (Lipinski definition) is 2. The summed E-state index contributed by atoms with van der Waals surface area (Å²) in [5.41, 5.74) is 0. The van der Waals surface area contributed by atoms with Gasteiger partial charge in [-0.25, -0.2) is 4.79 Å². The molecule has 0 aromatic heterocycles. The third kappa shape index (κ3) is 4.46. The number of rotatable bonds is 4. The van der Waals surface area contributed by atoms with E-state index >= 15 is 0 Å². The second-order valence-corrected chi connectivity index (χ2v) is 3.72. The summed E-state index contributed by atoms with van der Waals surface area (Å²) >= 11 is 0. The van der Waals surface area contributed by atoms with Gasteiger partial charge >= 0.3 is 6.03 Å². The van der Waals surface area contributed by atoms with E-state index < -0.39 is 0 Å². The lowest BCUT2D eigenvalue weighted by atomic mass is 10.0. The average Bonchev–Trinajstić information content (AvgIpc) is 2.25. The normalized spacial score (nSPS) is 21.6. The van der Waals surface area contributed by atoms with Crippen molar-refractivity contribution >= 4 is 6.03 Å². The van der Waals surface area contributed by atoms with Gasteiger partial charge < -0.3 is 15.4 Å². The number of nitrogens with one attached hydrogen (secondary N) is 2. The van der Waals surface area contributed by atoms with Crippen LogP contribution in [0.25, 0.3) is 0 Å². The number of hydrogen-bond acceptors (Lipinski definition) is 2. The summed E-state index contributed by atoms with van der Waals surface area (Å²) < 4.78 is 5.32. The van der Waals surface area contributed by atoms with Crippen molar-refractivity contribution in [1.29, 1.82) is 0 Å². The quantitative estimate of drug-likeness (QED) is 0.714. The standard InChI is InChI=1S/C10H20N2O2/c1-2-5-11-10(13)12-7-9-4-3-6-14-8-9/h9H,2-8H2,1H3,(H2,11,12,13). The van der Waals surface area contributed by atoms with Gasteiger partial charge in [0.15, 0.2) is 0 Å². The molecule has 1 aliphatic heterocycles. The highest BCUT2D eigenvalue weighted by molar-refractivity contribution is 5.73. The molecule has 1 atom stereocenters. The zero-order valence-electron chi connectivity index (χ0n) is 8.84. The molecular formula is C10H20N2O2. The van der Waals surface area contributed by atoms with Gasteiger partial charge in [0.2, 0.25) is 0 Å². The first-order chi connectivity index (χ1) is 6.83. The molecule has 14 heavy (non-hydrogen) atoms.